The molecule has 1 aromatic carbocycles. The predicted molar refractivity (Wildman–Crippen MR) is 66.7 cm³/mol. The van der Waals surface area contributed by atoms with Gasteiger partial charge in [-0.1, -0.05) is 11.6 Å². The lowest BCUT2D eigenvalue weighted by molar-refractivity contribution is 0.767. The van der Waals surface area contributed by atoms with E-state index in [1.54, 1.807) is 29.1 Å². The minimum absolute atomic E-state index is 0.582. The summed E-state index contributed by atoms with van der Waals surface area (Å²) in [6.45, 7) is 0.614. The van der Waals surface area contributed by atoms with E-state index >= 15 is 0 Å². The Bertz CT molecular complexity index is 568. The molecule has 86 valence electrons. The van der Waals surface area contributed by atoms with E-state index in [4.69, 9.17) is 16.9 Å². The highest BCUT2D eigenvalue weighted by Gasteiger charge is 2.03. The van der Waals surface area contributed by atoms with E-state index in [9.17, 15) is 0 Å². The van der Waals surface area contributed by atoms with Gasteiger partial charge in [-0.15, -0.1) is 0 Å². The highest BCUT2D eigenvalue weighted by molar-refractivity contribution is 6.30. The molecular formula is C12H11ClN4. The lowest BCUT2D eigenvalue weighted by atomic mass is 10.2. The van der Waals surface area contributed by atoms with Crippen molar-refractivity contribution in [3.63, 3.8) is 0 Å². The normalized spacial score (nSPS) is 9.94. The highest BCUT2D eigenvalue weighted by atomic mass is 35.5. The monoisotopic (exact) mass is 246 g/mol. The summed E-state index contributed by atoms with van der Waals surface area (Å²) >= 11 is 5.89. The van der Waals surface area contributed by atoms with Crippen LogP contribution in [0.15, 0.2) is 30.6 Å². The third-order valence-corrected chi connectivity index (χ3v) is 2.58. The maximum atomic E-state index is 8.96. The number of nitrogens with one attached hydrogen (secondary N) is 1. The van der Waals surface area contributed by atoms with Crippen LogP contribution in [0, 0.1) is 11.3 Å². The molecule has 5 heteroatoms. The first-order chi connectivity index (χ1) is 8.19. The van der Waals surface area contributed by atoms with Gasteiger partial charge in [0.2, 0.25) is 0 Å². The molecule has 0 aliphatic carbocycles. The van der Waals surface area contributed by atoms with E-state index in [0.29, 0.717) is 17.1 Å². The molecule has 0 radical (unpaired) electrons. The molecular weight excluding hydrogens is 236 g/mol. The van der Waals surface area contributed by atoms with Crippen molar-refractivity contribution in [2.24, 2.45) is 7.05 Å². The lowest BCUT2D eigenvalue weighted by Crippen LogP contribution is -2.00. The zero-order valence-corrected chi connectivity index (χ0v) is 10.1. The summed E-state index contributed by atoms with van der Waals surface area (Å²) in [5.41, 5.74) is 2.37. The van der Waals surface area contributed by atoms with Crippen molar-refractivity contribution in [2.45, 2.75) is 6.54 Å². The van der Waals surface area contributed by atoms with Gasteiger partial charge in [0.15, 0.2) is 0 Å². The second-order valence-electron chi connectivity index (χ2n) is 3.68. The largest absolute Gasteiger partial charge is 0.380 e. The van der Waals surface area contributed by atoms with Crippen molar-refractivity contribution in [2.75, 3.05) is 5.32 Å². The minimum atomic E-state index is 0.582. The van der Waals surface area contributed by atoms with Crippen molar-refractivity contribution in [1.29, 1.82) is 5.26 Å². The number of nitriles is 1. The minimum Gasteiger partial charge on any atom is -0.380 e. The van der Waals surface area contributed by atoms with Crippen LogP contribution in [0.1, 0.15) is 11.1 Å². The average molecular weight is 247 g/mol. The summed E-state index contributed by atoms with van der Waals surface area (Å²) in [7, 11) is 1.86. The molecule has 1 aromatic heterocycles. The number of anilines is 1. The summed E-state index contributed by atoms with van der Waals surface area (Å²) in [5.74, 6) is 0. The van der Waals surface area contributed by atoms with Crippen LogP contribution in [0.3, 0.4) is 0 Å². The number of nitrogens with zero attached hydrogens (tertiary/aromatic N) is 3. The van der Waals surface area contributed by atoms with E-state index in [1.165, 1.54) is 0 Å². The number of rotatable bonds is 3. The molecule has 0 aliphatic rings. The zero-order chi connectivity index (χ0) is 12.3. The Morgan fingerprint density at radius 1 is 1.53 bits per heavy atom. The van der Waals surface area contributed by atoms with Crippen LogP contribution in [0.2, 0.25) is 5.02 Å². The zero-order valence-electron chi connectivity index (χ0n) is 9.31. The fourth-order valence-corrected chi connectivity index (χ4v) is 1.69. The molecule has 2 aromatic rings. The molecule has 0 unspecified atom stereocenters. The summed E-state index contributed by atoms with van der Waals surface area (Å²) < 4.78 is 1.74. The molecule has 0 amide bonds. The quantitative estimate of drug-likeness (QED) is 0.906. The molecule has 1 heterocycles. The second kappa shape index (κ2) is 4.89. The second-order valence-corrected chi connectivity index (χ2v) is 4.11. The van der Waals surface area contributed by atoms with Gasteiger partial charge in [-0.05, 0) is 18.2 Å². The van der Waals surface area contributed by atoms with Crippen LogP contribution in [-0.4, -0.2) is 9.78 Å². The van der Waals surface area contributed by atoms with Crippen LogP contribution >= 0.6 is 11.6 Å². The van der Waals surface area contributed by atoms with Crippen molar-refractivity contribution in [3.8, 4) is 6.07 Å². The summed E-state index contributed by atoms with van der Waals surface area (Å²) in [5, 5.41) is 16.8. The number of aromatic nitrogens is 2. The van der Waals surface area contributed by atoms with Crippen molar-refractivity contribution in [1.82, 2.24) is 9.78 Å². The average Bonchev–Trinajstić information content (AvgIpc) is 2.73. The number of halogens is 1. The van der Waals surface area contributed by atoms with Gasteiger partial charge in [0, 0.05) is 30.4 Å². The van der Waals surface area contributed by atoms with E-state index in [2.05, 4.69) is 16.5 Å². The molecule has 0 aliphatic heterocycles. The first-order valence-electron chi connectivity index (χ1n) is 5.10. The van der Waals surface area contributed by atoms with E-state index in [-0.39, 0.29) is 0 Å². The topological polar surface area (TPSA) is 53.6 Å². The molecule has 0 atom stereocenters. The molecule has 0 saturated carbocycles. The van der Waals surface area contributed by atoms with Gasteiger partial charge in [0.25, 0.3) is 0 Å². The fourth-order valence-electron chi connectivity index (χ4n) is 1.52. The third-order valence-electron chi connectivity index (χ3n) is 2.34. The summed E-state index contributed by atoms with van der Waals surface area (Å²) in [6.07, 6.45) is 3.70. The van der Waals surface area contributed by atoms with Crippen LogP contribution in [0.4, 0.5) is 5.69 Å². The summed E-state index contributed by atoms with van der Waals surface area (Å²) in [4.78, 5) is 0. The van der Waals surface area contributed by atoms with Gasteiger partial charge in [0.05, 0.1) is 17.4 Å². The Labute approximate surface area is 104 Å². The molecule has 1 N–H and O–H groups in total. The van der Waals surface area contributed by atoms with Gasteiger partial charge >= 0.3 is 0 Å². The van der Waals surface area contributed by atoms with Crippen molar-refractivity contribution in [3.05, 3.63) is 46.7 Å². The molecule has 0 fully saturated rings. The van der Waals surface area contributed by atoms with Crippen LogP contribution < -0.4 is 5.32 Å². The third kappa shape index (κ3) is 2.77. The Morgan fingerprint density at radius 3 is 3.00 bits per heavy atom. The smallest absolute Gasteiger partial charge is 0.101 e. The molecule has 2 rings (SSSR count). The molecule has 0 spiro atoms. The van der Waals surface area contributed by atoms with E-state index in [1.807, 2.05) is 13.2 Å². The number of benzene rings is 1. The Balaban J connectivity index is 2.13. The van der Waals surface area contributed by atoms with Gasteiger partial charge in [-0.3, -0.25) is 4.68 Å². The van der Waals surface area contributed by atoms with Crippen molar-refractivity contribution >= 4 is 17.3 Å². The van der Waals surface area contributed by atoms with Gasteiger partial charge in [-0.2, -0.15) is 10.4 Å². The highest BCUT2D eigenvalue weighted by Crippen LogP contribution is 2.20. The maximum Gasteiger partial charge on any atom is 0.101 e. The summed E-state index contributed by atoms with van der Waals surface area (Å²) in [6, 6.07) is 7.27. The van der Waals surface area contributed by atoms with E-state index in [0.717, 1.165) is 11.3 Å². The number of hydrogen-bond acceptors (Lipinski definition) is 3. The van der Waals surface area contributed by atoms with Crippen LogP contribution in [0.5, 0.6) is 0 Å². The van der Waals surface area contributed by atoms with Crippen molar-refractivity contribution < 1.29 is 0 Å². The van der Waals surface area contributed by atoms with Crippen LogP contribution in [-0.2, 0) is 13.6 Å². The molecule has 0 saturated heterocycles. The Morgan fingerprint density at radius 2 is 2.35 bits per heavy atom. The lowest BCUT2D eigenvalue weighted by Gasteiger charge is -2.07. The number of aryl methyl sites for hydroxylation is 1. The molecule has 17 heavy (non-hydrogen) atoms. The van der Waals surface area contributed by atoms with Gasteiger partial charge in [-0.25, -0.2) is 0 Å². The van der Waals surface area contributed by atoms with Gasteiger partial charge < -0.3 is 5.32 Å². The first-order valence-corrected chi connectivity index (χ1v) is 5.48. The predicted octanol–water partition coefficient (Wildman–Crippen LogP) is 2.56. The van der Waals surface area contributed by atoms with E-state index < -0.39 is 0 Å². The maximum absolute atomic E-state index is 8.96. The first kappa shape index (κ1) is 11.5. The standard InChI is InChI=1S/C12H11ClN4/c1-17-8-9(7-16-17)6-15-12-4-11(13)3-2-10(12)5-14/h2-4,7-8,15H,6H2,1H3. The molecule has 0 bridgehead atoms. The Kier molecular flexibility index (Phi) is 3.31. The Hall–Kier alpha value is -1.99. The van der Waals surface area contributed by atoms with Crippen LogP contribution in [0.25, 0.3) is 0 Å². The molecule has 4 nitrogen and oxygen atoms in total. The van der Waals surface area contributed by atoms with Gasteiger partial charge in [0.1, 0.15) is 6.07 Å². The fraction of sp³-hybridized carbons (Fsp3) is 0.167. The SMILES string of the molecule is Cn1cc(CNc2cc(Cl)ccc2C#N)cn1. The number of hydrogen-bond donors (Lipinski definition) is 1.